The van der Waals surface area contributed by atoms with Crippen LogP contribution in [-0.2, 0) is 26.0 Å². The Bertz CT molecular complexity index is 679. The summed E-state index contributed by atoms with van der Waals surface area (Å²) in [6.07, 6.45) is 1.87. The van der Waals surface area contributed by atoms with Gasteiger partial charge in [0.15, 0.2) is 0 Å². The molecule has 1 saturated heterocycles. The Labute approximate surface area is 130 Å². The van der Waals surface area contributed by atoms with Crippen molar-refractivity contribution in [3.8, 4) is 0 Å². The second-order valence-electron chi connectivity index (χ2n) is 5.70. The van der Waals surface area contributed by atoms with E-state index in [1.807, 2.05) is 6.07 Å². The molecular formula is C15H20N2O4S. The van der Waals surface area contributed by atoms with Crippen LogP contribution in [0.25, 0.3) is 0 Å². The number of nitrogens with zero attached hydrogens (tertiary/aromatic N) is 1. The van der Waals surface area contributed by atoms with Gasteiger partial charge in [-0.25, -0.2) is 8.42 Å². The van der Waals surface area contributed by atoms with Crippen LogP contribution in [0.1, 0.15) is 18.4 Å². The van der Waals surface area contributed by atoms with Crippen molar-refractivity contribution in [2.24, 2.45) is 5.92 Å². The van der Waals surface area contributed by atoms with E-state index >= 15 is 0 Å². The lowest BCUT2D eigenvalue weighted by Crippen LogP contribution is -2.40. The van der Waals surface area contributed by atoms with Crippen LogP contribution in [0.15, 0.2) is 23.1 Å². The second-order valence-corrected chi connectivity index (χ2v) is 7.64. The van der Waals surface area contributed by atoms with Gasteiger partial charge in [0.25, 0.3) is 0 Å². The average Bonchev–Trinajstić information content (AvgIpc) is 3.01. The number of piperidine rings is 1. The van der Waals surface area contributed by atoms with Crippen LogP contribution >= 0.6 is 0 Å². The molecule has 2 aliphatic heterocycles. The summed E-state index contributed by atoms with van der Waals surface area (Å²) in [5.74, 6) is -0.443. The maximum Gasteiger partial charge on any atom is 0.308 e. The van der Waals surface area contributed by atoms with E-state index in [1.165, 1.54) is 11.4 Å². The van der Waals surface area contributed by atoms with E-state index in [9.17, 15) is 13.2 Å². The minimum Gasteiger partial charge on any atom is -0.469 e. The first-order valence-electron chi connectivity index (χ1n) is 7.47. The fourth-order valence-electron chi connectivity index (χ4n) is 3.09. The Hall–Kier alpha value is -1.60. The highest BCUT2D eigenvalue weighted by molar-refractivity contribution is 7.89. The molecule has 0 aliphatic carbocycles. The van der Waals surface area contributed by atoms with Crippen molar-refractivity contribution < 1.29 is 17.9 Å². The number of esters is 1. The van der Waals surface area contributed by atoms with Gasteiger partial charge in [0.2, 0.25) is 10.0 Å². The number of rotatable bonds is 3. The summed E-state index contributed by atoms with van der Waals surface area (Å²) in [7, 11) is -2.12. The molecule has 0 radical (unpaired) electrons. The number of hydrogen-bond acceptors (Lipinski definition) is 5. The highest BCUT2D eigenvalue weighted by Gasteiger charge is 2.32. The van der Waals surface area contributed by atoms with E-state index in [0.29, 0.717) is 30.8 Å². The lowest BCUT2D eigenvalue weighted by molar-refractivity contribution is -0.146. The van der Waals surface area contributed by atoms with E-state index in [1.54, 1.807) is 12.1 Å². The van der Waals surface area contributed by atoms with Gasteiger partial charge in [0.1, 0.15) is 0 Å². The zero-order valence-electron chi connectivity index (χ0n) is 12.5. The summed E-state index contributed by atoms with van der Waals surface area (Å²) in [6, 6.07) is 5.24. The van der Waals surface area contributed by atoms with Crippen molar-refractivity contribution in [1.82, 2.24) is 4.31 Å². The minimum atomic E-state index is -3.49. The van der Waals surface area contributed by atoms with Gasteiger partial charge >= 0.3 is 5.97 Å². The molecule has 2 heterocycles. The maximum absolute atomic E-state index is 12.7. The van der Waals surface area contributed by atoms with Crippen molar-refractivity contribution >= 4 is 21.7 Å². The van der Waals surface area contributed by atoms with E-state index < -0.39 is 10.0 Å². The van der Waals surface area contributed by atoms with Crippen LogP contribution in [0, 0.1) is 5.92 Å². The molecule has 120 valence electrons. The molecule has 7 heteroatoms. The zero-order chi connectivity index (χ0) is 15.7. The van der Waals surface area contributed by atoms with Crippen molar-refractivity contribution in [2.45, 2.75) is 24.2 Å². The number of fused-ring (bicyclic) bond motifs is 1. The molecule has 0 saturated carbocycles. The van der Waals surface area contributed by atoms with Gasteiger partial charge < -0.3 is 10.1 Å². The van der Waals surface area contributed by atoms with Crippen LogP contribution < -0.4 is 5.32 Å². The fraction of sp³-hybridized carbons (Fsp3) is 0.533. The normalized spacial score (nSPS) is 19.5. The Morgan fingerprint density at radius 3 is 2.73 bits per heavy atom. The third-order valence-corrected chi connectivity index (χ3v) is 6.31. The summed E-state index contributed by atoms with van der Waals surface area (Å²) in [4.78, 5) is 11.9. The van der Waals surface area contributed by atoms with Crippen molar-refractivity contribution in [3.05, 3.63) is 23.8 Å². The topological polar surface area (TPSA) is 75.7 Å². The molecule has 2 aliphatic rings. The molecule has 6 nitrogen and oxygen atoms in total. The third kappa shape index (κ3) is 2.70. The lowest BCUT2D eigenvalue weighted by atomic mass is 9.99. The number of carbonyl (C=O) groups excluding carboxylic acids is 1. The SMILES string of the molecule is COC(=O)C1CCN(S(=O)(=O)c2ccc3c(c2)CCN3)CC1. The lowest BCUT2D eigenvalue weighted by Gasteiger charge is -2.30. The minimum absolute atomic E-state index is 0.194. The predicted molar refractivity (Wildman–Crippen MR) is 82.1 cm³/mol. The molecule has 1 aromatic rings. The molecule has 1 aromatic carbocycles. The number of sulfonamides is 1. The number of hydrogen-bond donors (Lipinski definition) is 1. The number of nitrogens with one attached hydrogen (secondary N) is 1. The Kier molecular flexibility index (Phi) is 4.10. The van der Waals surface area contributed by atoms with E-state index in [2.05, 4.69) is 5.32 Å². The van der Waals surface area contributed by atoms with Crippen LogP contribution in [0.2, 0.25) is 0 Å². The standard InChI is InChI=1S/C15H20N2O4S/c1-21-15(18)11-5-8-17(9-6-11)22(19,20)13-2-3-14-12(10-13)4-7-16-14/h2-3,10-11,16H,4-9H2,1H3. The second kappa shape index (κ2) is 5.89. The third-order valence-electron chi connectivity index (χ3n) is 4.41. The van der Waals surface area contributed by atoms with Crippen molar-refractivity contribution in [1.29, 1.82) is 0 Å². The molecule has 1 N–H and O–H groups in total. The number of ether oxygens (including phenoxy) is 1. The largest absolute Gasteiger partial charge is 0.469 e. The molecule has 0 amide bonds. The molecule has 0 atom stereocenters. The summed E-state index contributed by atoms with van der Waals surface area (Å²) in [5.41, 5.74) is 2.06. The first-order valence-corrected chi connectivity index (χ1v) is 8.91. The molecule has 3 rings (SSSR count). The van der Waals surface area contributed by atoms with Gasteiger partial charge in [-0.2, -0.15) is 4.31 Å². The van der Waals surface area contributed by atoms with Gasteiger partial charge in [-0.1, -0.05) is 0 Å². The van der Waals surface area contributed by atoms with Gasteiger partial charge in [0.05, 0.1) is 17.9 Å². The number of anilines is 1. The molecule has 0 aromatic heterocycles. The van der Waals surface area contributed by atoms with Crippen LogP contribution in [0.3, 0.4) is 0 Å². The molecule has 0 bridgehead atoms. The molecule has 1 fully saturated rings. The Balaban J connectivity index is 1.75. The smallest absolute Gasteiger partial charge is 0.308 e. The van der Waals surface area contributed by atoms with Crippen LogP contribution in [0.4, 0.5) is 5.69 Å². The van der Waals surface area contributed by atoms with Gasteiger partial charge in [0, 0.05) is 25.3 Å². The number of methoxy groups -OCH3 is 1. The average molecular weight is 324 g/mol. The van der Waals surface area contributed by atoms with Crippen LogP contribution in [0.5, 0.6) is 0 Å². The van der Waals surface area contributed by atoms with Gasteiger partial charge in [-0.15, -0.1) is 0 Å². The van der Waals surface area contributed by atoms with E-state index in [0.717, 1.165) is 24.2 Å². The highest BCUT2D eigenvalue weighted by Crippen LogP contribution is 2.29. The van der Waals surface area contributed by atoms with Crippen molar-refractivity contribution in [3.63, 3.8) is 0 Å². The number of benzene rings is 1. The summed E-state index contributed by atoms with van der Waals surface area (Å²) >= 11 is 0. The monoisotopic (exact) mass is 324 g/mol. The summed E-state index contributed by atoms with van der Waals surface area (Å²) < 4.78 is 31.6. The Morgan fingerprint density at radius 1 is 1.32 bits per heavy atom. The molecule has 22 heavy (non-hydrogen) atoms. The van der Waals surface area contributed by atoms with Crippen molar-refractivity contribution in [2.75, 3.05) is 32.1 Å². The summed E-state index contributed by atoms with van der Waals surface area (Å²) in [6.45, 7) is 1.57. The van der Waals surface area contributed by atoms with E-state index in [-0.39, 0.29) is 11.9 Å². The van der Waals surface area contributed by atoms with Gasteiger partial charge in [-0.05, 0) is 43.0 Å². The Morgan fingerprint density at radius 2 is 2.05 bits per heavy atom. The number of carbonyl (C=O) groups is 1. The highest BCUT2D eigenvalue weighted by atomic mass is 32.2. The predicted octanol–water partition coefficient (Wildman–Crippen LogP) is 1.23. The molecular weight excluding hydrogens is 304 g/mol. The van der Waals surface area contributed by atoms with Crippen LogP contribution in [-0.4, -0.2) is 45.4 Å². The van der Waals surface area contributed by atoms with E-state index in [4.69, 9.17) is 4.74 Å². The maximum atomic E-state index is 12.7. The zero-order valence-corrected chi connectivity index (χ0v) is 13.4. The van der Waals surface area contributed by atoms with Gasteiger partial charge in [-0.3, -0.25) is 4.79 Å². The quantitative estimate of drug-likeness (QED) is 0.846. The molecule has 0 spiro atoms. The summed E-state index contributed by atoms with van der Waals surface area (Å²) in [5, 5.41) is 3.22. The molecule has 0 unspecified atom stereocenters. The first kappa shape index (κ1) is 15.3. The fourth-order valence-corrected chi connectivity index (χ4v) is 4.61. The first-order chi connectivity index (χ1) is 10.5.